The average molecular weight is 270 g/mol. The molecular formula is C16H14O4. The molecule has 0 aromatic heterocycles. The van der Waals surface area contributed by atoms with Crippen molar-refractivity contribution in [2.75, 3.05) is 6.61 Å². The molecule has 2 rings (SSSR count). The lowest BCUT2D eigenvalue weighted by atomic mass is 9.89. The molecule has 0 fully saturated rings. The van der Waals surface area contributed by atoms with E-state index >= 15 is 0 Å². The van der Waals surface area contributed by atoms with Crippen LogP contribution in [0.25, 0.3) is 0 Å². The van der Waals surface area contributed by atoms with Crippen LogP contribution in [-0.2, 0) is 9.53 Å². The van der Waals surface area contributed by atoms with Crippen molar-refractivity contribution >= 4 is 17.5 Å². The molecule has 0 aliphatic heterocycles. The number of fused-ring (bicyclic) bond motifs is 1. The van der Waals surface area contributed by atoms with Crippen LogP contribution < -0.4 is 0 Å². The lowest BCUT2D eigenvalue weighted by Gasteiger charge is -2.13. The van der Waals surface area contributed by atoms with Gasteiger partial charge in [-0.25, -0.2) is 4.79 Å². The smallest absolute Gasteiger partial charge is 0.342 e. The lowest BCUT2D eigenvalue weighted by molar-refractivity contribution is -0.137. The molecule has 0 saturated heterocycles. The highest BCUT2D eigenvalue weighted by Crippen LogP contribution is 2.21. The fourth-order valence-corrected chi connectivity index (χ4v) is 1.83. The van der Waals surface area contributed by atoms with E-state index < -0.39 is 11.8 Å². The van der Waals surface area contributed by atoms with Crippen molar-refractivity contribution in [2.24, 2.45) is 0 Å². The molecule has 0 radical (unpaired) electrons. The van der Waals surface area contributed by atoms with E-state index in [0.717, 1.165) is 11.6 Å². The van der Waals surface area contributed by atoms with Crippen LogP contribution in [-0.4, -0.2) is 24.1 Å². The number of ketones is 2. The number of benzene rings is 1. The molecule has 0 spiro atoms. The normalized spacial score (nSPS) is 13.4. The van der Waals surface area contributed by atoms with Gasteiger partial charge in [0.25, 0.3) is 0 Å². The summed E-state index contributed by atoms with van der Waals surface area (Å²) in [6, 6.07) is 6.43. The largest absolute Gasteiger partial charge is 0.458 e. The van der Waals surface area contributed by atoms with E-state index in [4.69, 9.17) is 4.74 Å². The van der Waals surface area contributed by atoms with E-state index in [2.05, 4.69) is 0 Å². The minimum absolute atomic E-state index is 0.0849. The number of hydrogen-bond acceptors (Lipinski definition) is 4. The minimum atomic E-state index is -0.768. The van der Waals surface area contributed by atoms with Gasteiger partial charge in [-0.2, -0.15) is 0 Å². The van der Waals surface area contributed by atoms with Crippen LogP contribution >= 0.6 is 0 Å². The van der Waals surface area contributed by atoms with Crippen molar-refractivity contribution < 1.29 is 19.1 Å². The lowest BCUT2D eigenvalue weighted by Crippen LogP contribution is -2.23. The number of allylic oxidation sites excluding steroid dienone is 2. The second-order valence-corrected chi connectivity index (χ2v) is 4.68. The van der Waals surface area contributed by atoms with Crippen LogP contribution in [0.5, 0.6) is 0 Å². The van der Waals surface area contributed by atoms with Gasteiger partial charge in [0.1, 0.15) is 12.2 Å². The van der Waals surface area contributed by atoms with E-state index in [1.165, 1.54) is 6.07 Å². The highest BCUT2D eigenvalue weighted by atomic mass is 16.5. The van der Waals surface area contributed by atoms with Crippen LogP contribution in [0.3, 0.4) is 0 Å². The molecule has 1 aromatic carbocycles. The summed E-state index contributed by atoms with van der Waals surface area (Å²) < 4.78 is 4.97. The third-order valence-electron chi connectivity index (χ3n) is 2.88. The first-order valence-electron chi connectivity index (χ1n) is 6.21. The van der Waals surface area contributed by atoms with Crippen molar-refractivity contribution in [2.45, 2.75) is 13.8 Å². The Morgan fingerprint density at radius 2 is 1.80 bits per heavy atom. The molecule has 0 bridgehead atoms. The van der Waals surface area contributed by atoms with Gasteiger partial charge in [-0.15, -0.1) is 0 Å². The van der Waals surface area contributed by atoms with Crippen LogP contribution in [0.1, 0.15) is 34.6 Å². The SMILES string of the molecule is CC(C)=CCOC(=O)C1=CC(=O)c2ccccc2C1=O. The number of ether oxygens (including phenoxy) is 1. The van der Waals surface area contributed by atoms with Crippen LogP contribution in [0.15, 0.2) is 47.6 Å². The maximum absolute atomic E-state index is 12.2. The molecule has 20 heavy (non-hydrogen) atoms. The maximum atomic E-state index is 12.2. The Morgan fingerprint density at radius 3 is 2.45 bits per heavy atom. The summed E-state index contributed by atoms with van der Waals surface area (Å²) >= 11 is 0. The molecule has 0 heterocycles. The number of Topliss-reactive ketones (excluding diaryl/α,β-unsaturated/α-hetero) is 1. The molecule has 0 amide bonds. The van der Waals surface area contributed by atoms with E-state index in [9.17, 15) is 14.4 Å². The number of esters is 1. The predicted molar refractivity (Wildman–Crippen MR) is 73.6 cm³/mol. The summed E-state index contributed by atoms with van der Waals surface area (Å²) in [4.78, 5) is 35.9. The number of carbonyl (C=O) groups is 3. The van der Waals surface area contributed by atoms with Crippen molar-refractivity contribution in [3.63, 3.8) is 0 Å². The summed E-state index contributed by atoms with van der Waals surface area (Å²) in [6.07, 6.45) is 2.77. The van der Waals surface area contributed by atoms with Crippen molar-refractivity contribution in [1.29, 1.82) is 0 Å². The summed E-state index contributed by atoms with van der Waals surface area (Å²) in [7, 11) is 0. The van der Waals surface area contributed by atoms with Crippen LogP contribution in [0, 0.1) is 0 Å². The molecule has 0 atom stereocenters. The van der Waals surface area contributed by atoms with Gasteiger partial charge in [-0.3, -0.25) is 9.59 Å². The Kier molecular flexibility index (Phi) is 3.94. The van der Waals surface area contributed by atoms with E-state index in [0.29, 0.717) is 5.56 Å². The Balaban J connectivity index is 2.22. The summed E-state index contributed by atoms with van der Waals surface area (Å²) in [5.41, 5.74) is 1.35. The second-order valence-electron chi connectivity index (χ2n) is 4.68. The van der Waals surface area contributed by atoms with Crippen molar-refractivity contribution in [3.05, 3.63) is 58.7 Å². The topological polar surface area (TPSA) is 60.4 Å². The van der Waals surface area contributed by atoms with E-state index in [1.54, 1.807) is 24.3 Å². The molecule has 0 unspecified atom stereocenters. The van der Waals surface area contributed by atoms with Gasteiger partial charge in [0.05, 0.1) is 0 Å². The first kappa shape index (κ1) is 13.9. The number of rotatable bonds is 3. The fourth-order valence-electron chi connectivity index (χ4n) is 1.83. The molecule has 1 aliphatic carbocycles. The zero-order valence-electron chi connectivity index (χ0n) is 11.3. The second kappa shape index (κ2) is 5.65. The average Bonchev–Trinajstić information content (AvgIpc) is 2.42. The van der Waals surface area contributed by atoms with Crippen molar-refractivity contribution in [1.82, 2.24) is 0 Å². The highest BCUT2D eigenvalue weighted by Gasteiger charge is 2.30. The molecule has 1 aliphatic rings. The minimum Gasteiger partial charge on any atom is -0.458 e. The first-order valence-corrected chi connectivity index (χ1v) is 6.21. The molecular weight excluding hydrogens is 256 g/mol. The zero-order valence-corrected chi connectivity index (χ0v) is 11.3. The number of carbonyl (C=O) groups excluding carboxylic acids is 3. The van der Waals surface area contributed by atoms with Gasteiger partial charge in [0, 0.05) is 17.2 Å². The van der Waals surface area contributed by atoms with Crippen LogP contribution in [0.2, 0.25) is 0 Å². The Hall–Kier alpha value is -2.49. The van der Waals surface area contributed by atoms with Gasteiger partial charge in [-0.05, 0) is 19.9 Å². The zero-order chi connectivity index (χ0) is 14.7. The van der Waals surface area contributed by atoms with Gasteiger partial charge in [0.2, 0.25) is 5.78 Å². The first-order chi connectivity index (χ1) is 9.50. The summed E-state index contributed by atoms with van der Waals surface area (Å²) in [5, 5.41) is 0. The molecule has 1 aromatic rings. The fraction of sp³-hybridized carbons (Fsp3) is 0.188. The van der Waals surface area contributed by atoms with E-state index in [1.807, 2.05) is 13.8 Å². The Labute approximate surface area is 116 Å². The summed E-state index contributed by atoms with van der Waals surface area (Å²) in [5.74, 6) is -1.59. The monoisotopic (exact) mass is 270 g/mol. The van der Waals surface area contributed by atoms with E-state index in [-0.39, 0.29) is 23.5 Å². The molecule has 4 nitrogen and oxygen atoms in total. The number of hydrogen-bond donors (Lipinski definition) is 0. The Bertz CT molecular complexity index is 646. The highest BCUT2D eigenvalue weighted by molar-refractivity contribution is 6.33. The van der Waals surface area contributed by atoms with Gasteiger partial charge < -0.3 is 4.74 Å². The standard InChI is InChI=1S/C16H14O4/c1-10(2)7-8-20-16(19)13-9-14(17)11-5-3-4-6-12(11)15(13)18/h3-7,9H,8H2,1-2H3. The van der Waals surface area contributed by atoms with Gasteiger partial charge in [0.15, 0.2) is 5.78 Å². The third-order valence-corrected chi connectivity index (χ3v) is 2.88. The third kappa shape index (κ3) is 2.74. The Morgan fingerprint density at radius 1 is 1.15 bits per heavy atom. The van der Waals surface area contributed by atoms with Gasteiger partial charge in [-0.1, -0.05) is 29.8 Å². The molecule has 0 N–H and O–H groups in total. The molecule has 102 valence electrons. The molecule has 0 saturated carbocycles. The molecule has 4 heteroatoms. The quantitative estimate of drug-likeness (QED) is 0.481. The van der Waals surface area contributed by atoms with Crippen molar-refractivity contribution in [3.8, 4) is 0 Å². The van der Waals surface area contributed by atoms with Crippen LogP contribution in [0.4, 0.5) is 0 Å². The van der Waals surface area contributed by atoms with Gasteiger partial charge >= 0.3 is 5.97 Å². The predicted octanol–water partition coefficient (Wildman–Crippen LogP) is 2.50. The summed E-state index contributed by atoms with van der Waals surface area (Å²) in [6.45, 7) is 3.83. The maximum Gasteiger partial charge on any atom is 0.342 e.